The summed E-state index contributed by atoms with van der Waals surface area (Å²) in [6, 6.07) is 10.2. The number of carbonyl (C=O) groups is 2. The van der Waals surface area contributed by atoms with E-state index < -0.39 is 11.9 Å². The summed E-state index contributed by atoms with van der Waals surface area (Å²) in [7, 11) is 0. The highest BCUT2D eigenvalue weighted by Crippen LogP contribution is 2.32. The van der Waals surface area contributed by atoms with Crippen molar-refractivity contribution in [2.24, 2.45) is 5.92 Å². The van der Waals surface area contributed by atoms with Crippen molar-refractivity contribution in [1.82, 2.24) is 10.2 Å². The predicted molar refractivity (Wildman–Crippen MR) is 91.8 cm³/mol. The quantitative estimate of drug-likeness (QED) is 0.839. The molecule has 1 saturated carbocycles. The van der Waals surface area contributed by atoms with E-state index in [1.54, 1.807) is 0 Å². The van der Waals surface area contributed by atoms with Crippen LogP contribution in [0.15, 0.2) is 30.3 Å². The molecule has 130 valence electrons. The molecule has 2 fully saturated rings. The number of likely N-dealkylation sites (tertiary alicyclic amines) is 1. The fraction of sp³-hybridized carbons (Fsp3) is 0.579. The van der Waals surface area contributed by atoms with E-state index in [0.29, 0.717) is 32.1 Å². The van der Waals surface area contributed by atoms with Crippen LogP contribution < -0.4 is 5.32 Å². The van der Waals surface area contributed by atoms with Crippen LogP contribution in [0.25, 0.3) is 0 Å². The van der Waals surface area contributed by atoms with Crippen LogP contribution in [0.3, 0.4) is 0 Å². The molecule has 0 spiro atoms. The van der Waals surface area contributed by atoms with Crippen molar-refractivity contribution in [3.8, 4) is 0 Å². The minimum atomic E-state index is -0.748. The number of rotatable bonds is 6. The Balaban J connectivity index is 1.53. The molecule has 0 radical (unpaired) electrons. The highest BCUT2D eigenvalue weighted by molar-refractivity contribution is 5.76. The molecule has 2 aliphatic rings. The van der Waals surface area contributed by atoms with Gasteiger partial charge in [0, 0.05) is 38.0 Å². The number of amides is 1. The number of carbonyl (C=O) groups excluding carboxylic acids is 1. The number of nitrogens with zero attached hydrogens (tertiary/aromatic N) is 1. The van der Waals surface area contributed by atoms with Crippen LogP contribution in [0, 0.1) is 5.92 Å². The van der Waals surface area contributed by atoms with Crippen LogP contribution in [-0.2, 0) is 9.59 Å². The fourth-order valence-corrected chi connectivity index (χ4v) is 3.99. The van der Waals surface area contributed by atoms with Gasteiger partial charge in [0.05, 0.1) is 5.92 Å². The molecular formula is C19H26N2O3. The van der Waals surface area contributed by atoms with Crippen molar-refractivity contribution in [3.05, 3.63) is 35.9 Å². The first-order chi connectivity index (χ1) is 11.6. The molecule has 5 heteroatoms. The molecule has 1 aromatic rings. The molecular weight excluding hydrogens is 304 g/mol. The average molecular weight is 330 g/mol. The van der Waals surface area contributed by atoms with Gasteiger partial charge in [-0.25, -0.2) is 0 Å². The molecule has 5 nitrogen and oxygen atoms in total. The van der Waals surface area contributed by atoms with E-state index in [2.05, 4.69) is 10.2 Å². The molecule has 1 aliphatic heterocycles. The molecule has 1 saturated heterocycles. The maximum atomic E-state index is 12.1. The summed E-state index contributed by atoms with van der Waals surface area (Å²) in [5.74, 6) is -1.05. The van der Waals surface area contributed by atoms with Crippen LogP contribution in [0.2, 0.25) is 0 Å². The molecule has 0 bridgehead atoms. The van der Waals surface area contributed by atoms with Gasteiger partial charge in [-0.3, -0.25) is 9.59 Å². The topological polar surface area (TPSA) is 69.6 Å². The standard InChI is InChI=1S/C19H26N2O3/c22-18(20-15-8-4-5-9-15)10-11-21-12-16(17(13-21)19(23)24)14-6-2-1-3-7-14/h1-3,6-7,15-17H,4-5,8-13H2,(H,20,22)(H,23,24)/t16-,17+/m0/s1. The number of nitrogens with one attached hydrogen (secondary N) is 1. The summed E-state index contributed by atoms with van der Waals surface area (Å²) in [6.45, 7) is 1.86. The lowest BCUT2D eigenvalue weighted by atomic mass is 9.89. The van der Waals surface area contributed by atoms with Crippen molar-refractivity contribution >= 4 is 11.9 Å². The Morgan fingerprint density at radius 1 is 1.12 bits per heavy atom. The summed E-state index contributed by atoms with van der Waals surface area (Å²) in [5, 5.41) is 12.6. The van der Waals surface area contributed by atoms with Gasteiger partial charge < -0.3 is 15.3 Å². The molecule has 0 aromatic heterocycles. The minimum Gasteiger partial charge on any atom is -0.481 e. The molecule has 1 heterocycles. The van der Waals surface area contributed by atoms with Gasteiger partial charge >= 0.3 is 5.97 Å². The summed E-state index contributed by atoms with van der Waals surface area (Å²) in [5.41, 5.74) is 1.07. The molecule has 1 aromatic carbocycles. The van der Waals surface area contributed by atoms with Gasteiger partial charge in [0.1, 0.15) is 0 Å². The Hall–Kier alpha value is -1.88. The van der Waals surface area contributed by atoms with Crippen molar-refractivity contribution in [3.63, 3.8) is 0 Å². The number of carboxylic acids is 1. The molecule has 24 heavy (non-hydrogen) atoms. The number of carboxylic acid groups (broad SMARTS) is 1. The molecule has 3 rings (SSSR count). The second-order valence-electron chi connectivity index (χ2n) is 7.02. The molecule has 1 amide bonds. The van der Waals surface area contributed by atoms with E-state index in [-0.39, 0.29) is 11.8 Å². The van der Waals surface area contributed by atoms with Crippen molar-refractivity contribution in [2.75, 3.05) is 19.6 Å². The lowest BCUT2D eigenvalue weighted by Crippen LogP contribution is -2.35. The first-order valence-electron chi connectivity index (χ1n) is 8.93. The maximum absolute atomic E-state index is 12.1. The largest absolute Gasteiger partial charge is 0.481 e. The third-order valence-corrected chi connectivity index (χ3v) is 5.32. The number of benzene rings is 1. The van der Waals surface area contributed by atoms with E-state index in [1.807, 2.05) is 30.3 Å². The maximum Gasteiger partial charge on any atom is 0.308 e. The van der Waals surface area contributed by atoms with Crippen LogP contribution >= 0.6 is 0 Å². The molecule has 2 atom stereocenters. The Bertz CT molecular complexity index is 569. The van der Waals surface area contributed by atoms with E-state index >= 15 is 0 Å². The van der Waals surface area contributed by atoms with Gasteiger partial charge in [0.25, 0.3) is 0 Å². The van der Waals surface area contributed by atoms with Crippen LogP contribution in [0.4, 0.5) is 0 Å². The van der Waals surface area contributed by atoms with Gasteiger partial charge in [-0.1, -0.05) is 43.2 Å². The average Bonchev–Trinajstić information content (AvgIpc) is 3.23. The van der Waals surface area contributed by atoms with E-state index in [4.69, 9.17) is 0 Å². The molecule has 1 aliphatic carbocycles. The van der Waals surface area contributed by atoms with Gasteiger partial charge in [0.2, 0.25) is 5.91 Å². The van der Waals surface area contributed by atoms with Crippen molar-refractivity contribution in [2.45, 2.75) is 44.1 Å². The Morgan fingerprint density at radius 3 is 2.50 bits per heavy atom. The Labute approximate surface area is 143 Å². The number of hydrogen-bond acceptors (Lipinski definition) is 3. The van der Waals surface area contributed by atoms with Gasteiger partial charge in [-0.05, 0) is 18.4 Å². The second kappa shape index (κ2) is 7.79. The smallest absolute Gasteiger partial charge is 0.308 e. The third-order valence-electron chi connectivity index (χ3n) is 5.32. The van der Waals surface area contributed by atoms with Crippen LogP contribution in [0.1, 0.15) is 43.6 Å². The molecule has 2 N–H and O–H groups in total. The first-order valence-corrected chi connectivity index (χ1v) is 8.93. The fourth-order valence-electron chi connectivity index (χ4n) is 3.99. The normalized spacial score (nSPS) is 25.0. The zero-order valence-corrected chi connectivity index (χ0v) is 14.0. The summed E-state index contributed by atoms with van der Waals surface area (Å²) >= 11 is 0. The molecule has 0 unspecified atom stereocenters. The van der Waals surface area contributed by atoms with E-state index in [0.717, 1.165) is 18.4 Å². The summed E-state index contributed by atoms with van der Waals surface area (Å²) in [4.78, 5) is 25.8. The van der Waals surface area contributed by atoms with Gasteiger partial charge in [-0.15, -0.1) is 0 Å². The van der Waals surface area contributed by atoms with Crippen LogP contribution in [-0.4, -0.2) is 47.6 Å². The van der Waals surface area contributed by atoms with Gasteiger partial charge in [0.15, 0.2) is 0 Å². The highest BCUT2D eigenvalue weighted by atomic mass is 16.4. The van der Waals surface area contributed by atoms with E-state index in [9.17, 15) is 14.7 Å². The lowest BCUT2D eigenvalue weighted by Gasteiger charge is -2.17. The summed E-state index contributed by atoms with van der Waals surface area (Å²) < 4.78 is 0. The van der Waals surface area contributed by atoms with Crippen molar-refractivity contribution in [1.29, 1.82) is 0 Å². The Morgan fingerprint density at radius 2 is 1.83 bits per heavy atom. The highest BCUT2D eigenvalue weighted by Gasteiger charge is 2.38. The third kappa shape index (κ3) is 4.15. The minimum absolute atomic E-state index is 0.00148. The zero-order chi connectivity index (χ0) is 16.9. The first kappa shape index (κ1) is 17.0. The van der Waals surface area contributed by atoms with Crippen LogP contribution in [0.5, 0.6) is 0 Å². The van der Waals surface area contributed by atoms with Gasteiger partial charge in [-0.2, -0.15) is 0 Å². The SMILES string of the molecule is O=C(CCN1C[C@@H](C(=O)O)[C@H](c2ccccc2)C1)NC1CCCC1. The second-order valence-corrected chi connectivity index (χ2v) is 7.02. The predicted octanol–water partition coefficient (Wildman–Crippen LogP) is 2.24. The monoisotopic (exact) mass is 330 g/mol. The lowest BCUT2D eigenvalue weighted by molar-refractivity contribution is -0.141. The number of hydrogen-bond donors (Lipinski definition) is 2. The van der Waals surface area contributed by atoms with E-state index in [1.165, 1.54) is 12.8 Å². The van der Waals surface area contributed by atoms with Crippen molar-refractivity contribution < 1.29 is 14.7 Å². The summed E-state index contributed by atoms with van der Waals surface area (Å²) in [6.07, 6.45) is 5.04. The zero-order valence-electron chi connectivity index (χ0n) is 14.0. The number of aliphatic carboxylic acids is 1. The Kier molecular flexibility index (Phi) is 5.51.